The Morgan fingerprint density at radius 2 is 1.91 bits per heavy atom. The fraction of sp³-hybridized carbons (Fsp3) is 0.476. The van der Waals surface area contributed by atoms with Gasteiger partial charge in [0.15, 0.2) is 0 Å². The van der Waals surface area contributed by atoms with E-state index in [9.17, 15) is 4.79 Å². The number of fused-ring (bicyclic) bond motifs is 3. The van der Waals surface area contributed by atoms with Crippen molar-refractivity contribution < 1.29 is 4.79 Å². The van der Waals surface area contributed by atoms with Gasteiger partial charge in [0.1, 0.15) is 5.78 Å². The maximum Gasteiger partial charge on any atom is 0.137 e. The zero-order valence-electron chi connectivity index (χ0n) is 14.0. The molecular weight excluding hydrogens is 282 g/mol. The van der Waals surface area contributed by atoms with E-state index in [0.29, 0.717) is 30.2 Å². The van der Waals surface area contributed by atoms with Crippen LogP contribution in [0.3, 0.4) is 0 Å². The minimum absolute atomic E-state index is 0.171. The standard InChI is InChI=1S/C21H25NO/c1-3-20(23)21-18(13-17-10-11-19(21)22(17)2)16-9-8-14-6-4-5-7-15(14)12-16/h4-9,12,17-19,21H,3,10-11,13H2,1-2H3/t17-,18-,19+,21+/m1/s1. The van der Waals surface area contributed by atoms with E-state index >= 15 is 0 Å². The number of carbonyl (C=O) groups excluding carboxylic acids is 1. The molecule has 2 saturated heterocycles. The van der Waals surface area contributed by atoms with Crippen molar-refractivity contribution in [3.8, 4) is 0 Å². The van der Waals surface area contributed by atoms with Gasteiger partial charge in [-0.15, -0.1) is 0 Å². The second kappa shape index (κ2) is 5.76. The molecule has 0 saturated carbocycles. The molecule has 0 unspecified atom stereocenters. The summed E-state index contributed by atoms with van der Waals surface area (Å²) in [5.41, 5.74) is 1.36. The first-order chi connectivity index (χ1) is 11.2. The molecule has 2 fully saturated rings. The first kappa shape index (κ1) is 14.9. The number of carbonyl (C=O) groups is 1. The summed E-state index contributed by atoms with van der Waals surface area (Å²) in [5.74, 6) is 1.01. The third kappa shape index (κ3) is 2.40. The molecule has 0 N–H and O–H groups in total. The first-order valence-electron chi connectivity index (χ1n) is 8.92. The van der Waals surface area contributed by atoms with Crippen LogP contribution in [0.15, 0.2) is 42.5 Å². The van der Waals surface area contributed by atoms with E-state index in [1.807, 2.05) is 6.92 Å². The molecule has 0 amide bonds. The van der Waals surface area contributed by atoms with Gasteiger partial charge in [-0.3, -0.25) is 9.69 Å². The number of rotatable bonds is 3. The molecule has 2 aliphatic rings. The molecule has 4 rings (SSSR count). The summed E-state index contributed by atoms with van der Waals surface area (Å²) in [5, 5.41) is 2.57. The van der Waals surface area contributed by atoms with Crippen molar-refractivity contribution in [2.75, 3.05) is 7.05 Å². The van der Waals surface area contributed by atoms with Crippen LogP contribution in [0.1, 0.15) is 44.1 Å². The normalized spacial score (nSPS) is 30.7. The van der Waals surface area contributed by atoms with Crippen molar-refractivity contribution in [2.45, 2.75) is 50.6 Å². The van der Waals surface area contributed by atoms with Gasteiger partial charge >= 0.3 is 0 Å². The van der Waals surface area contributed by atoms with Crippen LogP contribution in [0.4, 0.5) is 0 Å². The van der Waals surface area contributed by atoms with Crippen LogP contribution in [0.25, 0.3) is 10.8 Å². The Morgan fingerprint density at radius 3 is 2.70 bits per heavy atom. The van der Waals surface area contributed by atoms with Crippen molar-refractivity contribution in [2.24, 2.45) is 5.92 Å². The average Bonchev–Trinajstić information content (AvgIpc) is 2.83. The van der Waals surface area contributed by atoms with Gasteiger partial charge in [0.25, 0.3) is 0 Å². The lowest BCUT2D eigenvalue weighted by atomic mass is 9.73. The summed E-state index contributed by atoms with van der Waals surface area (Å²) in [7, 11) is 2.22. The first-order valence-corrected chi connectivity index (χ1v) is 8.92. The summed E-state index contributed by atoms with van der Waals surface area (Å²) < 4.78 is 0. The van der Waals surface area contributed by atoms with Crippen LogP contribution >= 0.6 is 0 Å². The average molecular weight is 307 g/mol. The number of nitrogens with zero attached hydrogens (tertiary/aromatic N) is 1. The molecular formula is C21H25NO. The van der Waals surface area contributed by atoms with Gasteiger partial charge in [-0.05, 0) is 48.6 Å². The lowest BCUT2D eigenvalue weighted by molar-refractivity contribution is -0.126. The van der Waals surface area contributed by atoms with Crippen molar-refractivity contribution in [1.29, 1.82) is 0 Å². The third-order valence-electron chi connectivity index (χ3n) is 6.19. The van der Waals surface area contributed by atoms with Gasteiger partial charge in [0.2, 0.25) is 0 Å². The fourth-order valence-corrected chi connectivity index (χ4v) is 4.92. The van der Waals surface area contributed by atoms with Crippen LogP contribution in [0.2, 0.25) is 0 Å². The van der Waals surface area contributed by atoms with Crippen LogP contribution < -0.4 is 0 Å². The Hall–Kier alpha value is -1.67. The molecule has 2 bridgehead atoms. The lowest BCUT2D eigenvalue weighted by Crippen LogP contribution is -2.48. The smallest absolute Gasteiger partial charge is 0.137 e. The second-order valence-electron chi connectivity index (χ2n) is 7.26. The van der Waals surface area contributed by atoms with E-state index in [1.165, 1.54) is 29.2 Å². The molecule has 0 spiro atoms. The predicted molar refractivity (Wildman–Crippen MR) is 94.7 cm³/mol. The topological polar surface area (TPSA) is 20.3 Å². The van der Waals surface area contributed by atoms with Gasteiger partial charge < -0.3 is 0 Å². The Morgan fingerprint density at radius 1 is 1.13 bits per heavy atom. The van der Waals surface area contributed by atoms with Crippen LogP contribution in [0, 0.1) is 5.92 Å². The fourth-order valence-electron chi connectivity index (χ4n) is 4.92. The second-order valence-corrected chi connectivity index (χ2v) is 7.26. The molecule has 2 aromatic rings. The lowest BCUT2D eigenvalue weighted by Gasteiger charge is -2.42. The maximum atomic E-state index is 12.7. The highest BCUT2D eigenvalue weighted by atomic mass is 16.1. The summed E-state index contributed by atoms with van der Waals surface area (Å²) in [6, 6.07) is 16.4. The van der Waals surface area contributed by atoms with E-state index in [0.717, 1.165) is 6.42 Å². The highest BCUT2D eigenvalue weighted by molar-refractivity contribution is 5.85. The van der Waals surface area contributed by atoms with Crippen LogP contribution in [-0.2, 0) is 4.79 Å². The zero-order chi connectivity index (χ0) is 16.0. The summed E-state index contributed by atoms with van der Waals surface area (Å²) in [6.07, 6.45) is 4.21. The van der Waals surface area contributed by atoms with Crippen molar-refractivity contribution in [1.82, 2.24) is 4.90 Å². The molecule has 2 nitrogen and oxygen atoms in total. The molecule has 0 aromatic heterocycles. The van der Waals surface area contributed by atoms with E-state index in [-0.39, 0.29) is 5.92 Å². The van der Waals surface area contributed by atoms with Crippen molar-refractivity contribution in [3.05, 3.63) is 48.0 Å². The molecule has 23 heavy (non-hydrogen) atoms. The van der Waals surface area contributed by atoms with E-state index < -0.39 is 0 Å². The number of benzene rings is 2. The largest absolute Gasteiger partial charge is 0.300 e. The number of Topliss-reactive ketones (excluding diaryl/α,β-unsaturated/α-hetero) is 1. The molecule has 120 valence electrons. The monoisotopic (exact) mass is 307 g/mol. The summed E-state index contributed by atoms with van der Waals surface area (Å²) in [4.78, 5) is 15.2. The Labute approximate surface area is 138 Å². The molecule has 2 aliphatic heterocycles. The van der Waals surface area contributed by atoms with Gasteiger partial charge in [0.05, 0.1) is 0 Å². The number of ketones is 1. The van der Waals surface area contributed by atoms with Gasteiger partial charge in [0, 0.05) is 24.4 Å². The van der Waals surface area contributed by atoms with Crippen LogP contribution in [0.5, 0.6) is 0 Å². The summed E-state index contributed by atoms with van der Waals surface area (Å²) >= 11 is 0. The molecule has 0 aliphatic carbocycles. The van der Waals surface area contributed by atoms with Crippen molar-refractivity contribution >= 4 is 16.6 Å². The van der Waals surface area contributed by atoms with Gasteiger partial charge in [-0.2, -0.15) is 0 Å². The molecule has 2 heteroatoms. The zero-order valence-corrected chi connectivity index (χ0v) is 14.0. The summed E-state index contributed by atoms with van der Waals surface area (Å²) in [6.45, 7) is 2.01. The van der Waals surface area contributed by atoms with E-state index in [4.69, 9.17) is 0 Å². The van der Waals surface area contributed by atoms with Crippen molar-refractivity contribution in [3.63, 3.8) is 0 Å². The Kier molecular flexibility index (Phi) is 3.73. The molecule has 0 radical (unpaired) electrons. The Bertz CT molecular complexity index is 737. The van der Waals surface area contributed by atoms with Crippen LogP contribution in [-0.4, -0.2) is 29.8 Å². The molecule has 4 atom stereocenters. The highest BCUT2D eigenvalue weighted by Crippen LogP contribution is 2.47. The maximum absolute atomic E-state index is 12.7. The van der Waals surface area contributed by atoms with E-state index in [2.05, 4.69) is 54.4 Å². The highest BCUT2D eigenvalue weighted by Gasteiger charge is 2.48. The van der Waals surface area contributed by atoms with E-state index in [1.54, 1.807) is 0 Å². The van der Waals surface area contributed by atoms with Gasteiger partial charge in [-0.1, -0.05) is 49.4 Å². The predicted octanol–water partition coefficient (Wildman–Crippen LogP) is 4.39. The molecule has 2 aromatic carbocycles. The quantitative estimate of drug-likeness (QED) is 0.838. The Balaban J connectivity index is 1.76. The van der Waals surface area contributed by atoms with Gasteiger partial charge in [-0.25, -0.2) is 0 Å². The number of hydrogen-bond donors (Lipinski definition) is 0. The minimum atomic E-state index is 0.171. The minimum Gasteiger partial charge on any atom is -0.300 e. The SMILES string of the molecule is CCC(=O)[C@H]1[C@@H](c2ccc3ccccc3c2)C[C@H]2CC[C@@H]1N2C. The molecule has 2 heterocycles. The number of hydrogen-bond acceptors (Lipinski definition) is 2. The number of piperidine rings is 1. The third-order valence-corrected chi connectivity index (χ3v) is 6.19.